The number of H-pyrrole nitrogens is 4. The standard InChI is InChI=1S/C15H18N2.C14H16N2.C12H20N2.C9H14N2/c1-4-13-14(17-11-16-13)15(2,3)10-12-8-6-5-7-9-12;1-4-12-13(16-10-15-12)14(2,3)11-8-6-5-7-9-11;1-5-7-8-12(3,4)11-10(6-2)9-13-14-11;1-5-7-8(9(2,3)4)11-6-10-7/h4-9,11H,1,10H2,2-3H3,(H,16,17);4-10H,1H2,2-3H3,(H,15,16);6,9H,2,5,7-8H2,1,3-4H3,(H,13,14);5-6H,1H2,2-4H3,(H,10,11). The van der Waals surface area contributed by atoms with E-state index in [0.717, 1.165) is 46.1 Å². The number of hydrogen-bond donors (Lipinski definition) is 4. The van der Waals surface area contributed by atoms with Crippen LogP contribution in [-0.2, 0) is 28.1 Å². The fraction of sp³-hybridized carbons (Fsp3) is 0.360. The Labute approximate surface area is 348 Å². The summed E-state index contributed by atoms with van der Waals surface area (Å²) in [5.74, 6) is 0. The van der Waals surface area contributed by atoms with Gasteiger partial charge >= 0.3 is 0 Å². The molecular formula is C50H68N8. The molecule has 58 heavy (non-hydrogen) atoms. The molecule has 8 nitrogen and oxygen atoms in total. The Kier molecular flexibility index (Phi) is 17.0. The van der Waals surface area contributed by atoms with E-state index in [0.29, 0.717) is 0 Å². The van der Waals surface area contributed by atoms with Crippen LogP contribution in [0.5, 0.6) is 0 Å². The molecule has 0 saturated carbocycles. The minimum absolute atomic E-state index is 0.0291. The van der Waals surface area contributed by atoms with E-state index in [-0.39, 0.29) is 21.7 Å². The number of benzene rings is 2. The molecule has 0 radical (unpaired) electrons. The van der Waals surface area contributed by atoms with Gasteiger partial charge in [-0.25, -0.2) is 15.0 Å². The van der Waals surface area contributed by atoms with E-state index in [9.17, 15) is 0 Å². The van der Waals surface area contributed by atoms with E-state index in [1.807, 2.05) is 24.4 Å². The molecule has 0 amide bonds. The number of aromatic amines is 4. The summed E-state index contributed by atoms with van der Waals surface area (Å²) < 4.78 is 0. The number of nitrogens with zero attached hydrogens (tertiary/aromatic N) is 4. The maximum absolute atomic E-state index is 4.27. The van der Waals surface area contributed by atoms with Crippen LogP contribution in [0.4, 0.5) is 0 Å². The summed E-state index contributed by atoms with van der Waals surface area (Å²) in [4.78, 5) is 22.2. The number of nitrogens with one attached hydrogen (secondary N) is 4. The van der Waals surface area contributed by atoms with Crippen molar-refractivity contribution >= 4 is 24.3 Å². The van der Waals surface area contributed by atoms with Crippen LogP contribution in [-0.4, -0.2) is 40.1 Å². The van der Waals surface area contributed by atoms with Gasteiger partial charge in [-0.1, -0.05) is 175 Å². The van der Waals surface area contributed by atoms with Gasteiger partial charge in [-0.15, -0.1) is 0 Å². The van der Waals surface area contributed by atoms with Crippen LogP contribution in [0.15, 0.2) is 112 Å². The van der Waals surface area contributed by atoms with Crippen molar-refractivity contribution in [2.45, 2.75) is 117 Å². The predicted molar refractivity (Wildman–Crippen MR) is 248 cm³/mol. The molecule has 0 aliphatic rings. The Morgan fingerprint density at radius 3 is 1.53 bits per heavy atom. The van der Waals surface area contributed by atoms with Crippen molar-refractivity contribution in [1.29, 1.82) is 0 Å². The molecule has 4 aromatic heterocycles. The third-order valence-corrected chi connectivity index (χ3v) is 10.3. The van der Waals surface area contributed by atoms with Gasteiger partial charge in [0, 0.05) is 44.3 Å². The van der Waals surface area contributed by atoms with E-state index >= 15 is 0 Å². The topological polar surface area (TPSA) is 115 Å². The number of aromatic nitrogens is 8. The Balaban J connectivity index is 0.000000209. The zero-order valence-corrected chi connectivity index (χ0v) is 36.8. The summed E-state index contributed by atoms with van der Waals surface area (Å²) in [7, 11) is 0. The van der Waals surface area contributed by atoms with E-state index in [4.69, 9.17) is 0 Å². The Bertz CT molecular complexity index is 2130. The maximum Gasteiger partial charge on any atom is 0.0929 e. The Hall–Kier alpha value is -5.76. The minimum Gasteiger partial charge on any atom is -0.348 e. The first-order valence-corrected chi connectivity index (χ1v) is 20.2. The van der Waals surface area contributed by atoms with Crippen LogP contribution in [0.25, 0.3) is 24.3 Å². The normalized spacial score (nSPS) is 11.5. The second-order valence-electron chi connectivity index (χ2n) is 17.3. The van der Waals surface area contributed by atoms with Gasteiger partial charge in [0.2, 0.25) is 0 Å². The van der Waals surface area contributed by atoms with Crippen LogP contribution in [0, 0.1) is 0 Å². The lowest BCUT2D eigenvalue weighted by Gasteiger charge is -2.24. The third-order valence-electron chi connectivity index (χ3n) is 10.3. The fourth-order valence-electron chi connectivity index (χ4n) is 6.95. The van der Waals surface area contributed by atoms with E-state index in [2.05, 4.69) is 184 Å². The van der Waals surface area contributed by atoms with Gasteiger partial charge in [0.05, 0.1) is 48.0 Å². The maximum atomic E-state index is 4.27. The van der Waals surface area contributed by atoms with Crippen molar-refractivity contribution in [1.82, 2.24) is 40.1 Å². The van der Waals surface area contributed by atoms with Crippen LogP contribution in [0.1, 0.15) is 145 Å². The molecular weight excluding hydrogens is 713 g/mol. The zero-order chi connectivity index (χ0) is 43.0. The molecule has 0 saturated heterocycles. The molecule has 6 aromatic rings. The Morgan fingerprint density at radius 2 is 1.05 bits per heavy atom. The molecule has 2 aromatic carbocycles. The summed E-state index contributed by atoms with van der Waals surface area (Å²) in [6.45, 7) is 37.1. The van der Waals surface area contributed by atoms with Crippen molar-refractivity contribution in [3.63, 3.8) is 0 Å². The molecule has 4 N–H and O–H groups in total. The zero-order valence-electron chi connectivity index (χ0n) is 36.8. The fourth-order valence-corrected chi connectivity index (χ4v) is 6.95. The first-order chi connectivity index (χ1) is 27.5. The van der Waals surface area contributed by atoms with Crippen molar-refractivity contribution < 1.29 is 0 Å². The predicted octanol–water partition coefficient (Wildman–Crippen LogP) is 12.8. The van der Waals surface area contributed by atoms with Crippen molar-refractivity contribution in [2.24, 2.45) is 0 Å². The molecule has 0 atom stereocenters. The summed E-state index contributed by atoms with van der Waals surface area (Å²) in [5, 5.41) is 7.16. The average Bonchev–Trinajstić information content (AvgIpc) is 4.05. The third kappa shape index (κ3) is 12.6. The van der Waals surface area contributed by atoms with Crippen LogP contribution >= 0.6 is 0 Å². The van der Waals surface area contributed by atoms with Gasteiger partial charge in [0.15, 0.2) is 0 Å². The quantitative estimate of drug-likeness (QED) is 0.0934. The molecule has 0 unspecified atom stereocenters. The first-order valence-electron chi connectivity index (χ1n) is 20.2. The highest BCUT2D eigenvalue weighted by Gasteiger charge is 2.27. The van der Waals surface area contributed by atoms with Gasteiger partial charge in [0.1, 0.15) is 0 Å². The van der Waals surface area contributed by atoms with Crippen molar-refractivity contribution in [2.75, 3.05) is 0 Å². The highest BCUT2D eigenvalue weighted by Crippen LogP contribution is 2.33. The molecule has 0 aliphatic carbocycles. The minimum atomic E-state index is -0.0821. The largest absolute Gasteiger partial charge is 0.348 e. The first kappa shape index (κ1) is 46.6. The van der Waals surface area contributed by atoms with Gasteiger partial charge < -0.3 is 15.0 Å². The highest BCUT2D eigenvalue weighted by molar-refractivity contribution is 5.51. The molecule has 0 fully saturated rings. The average molecular weight is 781 g/mol. The second-order valence-corrected chi connectivity index (χ2v) is 17.3. The van der Waals surface area contributed by atoms with Crippen LogP contribution in [0.2, 0.25) is 0 Å². The van der Waals surface area contributed by atoms with Crippen LogP contribution in [0.3, 0.4) is 0 Å². The molecule has 0 aliphatic heterocycles. The van der Waals surface area contributed by atoms with E-state index < -0.39 is 0 Å². The summed E-state index contributed by atoms with van der Waals surface area (Å²) in [6.07, 6.45) is 18.9. The van der Waals surface area contributed by atoms with Crippen LogP contribution < -0.4 is 0 Å². The van der Waals surface area contributed by atoms with E-state index in [1.165, 1.54) is 36.1 Å². The smallest absolute Gasteiger partial charge is 0.0929 e. The number of imidazole rings is 3. The molecule has 0 bridgehead atoms. The Morgan fingerprint density at radius 1 is 0.569 bits per heavy atom. The lowest BCUT2D eigenvalue weighted by atomic mass is 9.80. The van der Waals surface area contributed by atoms with Gasteiger partial charge in [-0.2, -0.15) is 5.10 Å². The lowest BCUT2D eigenvalue weighted by molar-refractivity contribution is 0.444. The van der Waals surface area contributed by atoms with Gasteiger partial charge in [-0.05, 0) is 42.2 Å². The van der Waals surface area contributed by atoms with Crippen molar-refractivity contribution in [3.05, 3.63) is 169 Å². The monoisotopic (exact) mass is 781 g/mol. The molecule has 308 valence electrons. The molecule has 6 rings (SSSR count). The van der Waals surface area contributed by atoms with Crippen molar-refractivity contribution in [3.8, 4) is 0 Å². The second kappa shape index (κ2) is 21.1. The summed E-state index contributed by atoms with van der Waals surface area (Å²) in [5.41, 5.74) is 11.4. The lowest BCUT2D eigenvalue weighted by Crippen LogP contribution is -2.22. The summed E-state index contributed by atoms with van der Waals surface area (Å²) in [6, 6.07) is 20.9. The SMILES string of the molecule is C=Cc1cn[nH]c1C(C)(C)CCCC.C=Cc1nc[nH]c1C(C)(C)C.C=Cc1nc[nH]c1C(C)(C)Cc1ccccc1.C=Cc1nc[nH]c1C(C)(C)c1ccccc1. The highest BCUT2D eigenvalue weighted by atomic mass is 15.1. The number of rotatable bonds is 13. The summed E-state index contributed by atoms with van der Waals surface area (Å²) >= 11 is 0. The molecule has 8 heteroatoms. The molecule has 4 heterocycles. The number of unbranched alkanes of at least 4 members (excludes halogenated alkanes) is 1. The van der Waals surface area contributed by atoms with E-state index in [1.54, 1.807) is 37.2 Å². The molecule has 0 spiro atoms. The number of hydrogen-bond acceptors (Lipinski definition) is 4. The van der Waals surface area contributed by atoms with Gasteiger partial charge in [0.25, 0.3) is 0 Å². The van der Waals surface area contributed by atoms with Gasteiger partial charge in [-0.3, -0.25) is 5.10 Å².